The van der Waals surface area contributed by atoms with Crippen molar-refractivity contribution in [1.29, 1.82) is 0 Å². The number of fused-ring (bicyclic) bond motifs is 1. The Hall–Kier alpha value is -3.65. The standard InChI is InChI=1S/C35H35F4N5O2.2H2S/c1-3-43-33-32(29(22-42-18-16-41(2)17-19-42)40-44(33)27-10-5-4-6-11-27)31(23-12-14-26(36)15-13-23)28(34(43)46)21-30(45)24-8-7-9-25(20-24)35(37,38)39;;/h4-15,20,28,31H,3,16-19,21-22H2,1-2H3;2*1H2/t28-,31+;;/m0../s1. The number of benzene rings is 3. The molecule has 1 amide bonds. The van der Waals surface area contributed by atoms with Gasteiger partial charge in [0.2, 0.25) is 5.91 Å². The van der Waals surface area contributed by atoms with Crippen molar-refractivity contribution in [3.05, 3.63) is 113 Å². The number of carbonyl (C=O) groups excluding carboxylic acids is 2. The summed E-state index contributed by atoms with van der Waals surface area (Å²) in [5.74, 6) is -2.43. The Balaban J connectivity index is 0.00000260. The van der Waals surface area contributed by atoms with E-state index in [1.807, 2.05) is 37.3 Å². The Morgan fingerprint density at radius 1 is 0.917 bits per heavy atom. The van der Waals surface area contributed by atoms with Crippen molar-refractivity contribution >= 4 is 44.5 Å². The molecule has 2 aliphatic rings. The zero-order chi connectivity index (χ0) is 32.6. The summed E-state index contributed by atoms with van der Waals surface area (Å²) >= 11 is 0. The molecule has 2 aliphatic heterocycles. The van der Waals surface area contributed by atoms with Gasteiger partial charge in [-0.2, -0.15) is 45.3 Å². The van der Waals surface area contributed by atoms with Gasteiger partial charge in [-0.25, -0.2) is 9.07 Å². The number of halogens is 4. The number of hydrogen-bond acceptors (Lipinski definition) is 5. The summed E-state index contributed by atoms with van der Waals surface area (Å²) in [5.41, 5.74) is 1.83. The van der Waals surface area contributed by atoms with E-state index in [1.54, 1.807) is 21.7 Å². The molecule has 3 aromatic carbocycles. The van der Waals surface area contributed by atoms with E-state index in [0.29, 0.717) is 17.9 Å². The minimum atomic E-state index is -4.62. The van der Waals surface area contributed by atoms with E-state index >= 15 is 0 Å². The Bertz CT molecular complexity index is 1730. The summed E-state index contributed by atoms with van der Waals surface area (Å²) in [5, 5.41) is 5.10. The van der Waals surface area contributed by atoms with E-state index in [-0.39, 0.29) is 51.4 Å². The molecule has 0 N–H and O–H groups in total. The number of carbonyl (C=O) groups is 2. The molecule has 0 radical (unpaired) electrons. The van der Waals surface area contributed by atoms with Crippen LogP contribution in [0.2, 0.25) is 0 Å². The normalized spacial score (nSPS) is 18.5. The van der Waals surface area contributed by atoms with E-state index in [1.165, 1.54) is 24.3 Å². The molecule has 4 aromatic rings. The lowest BCUT2D eigenvalue weighted by atomic mass is 9.74. The fraction of sp³-hybridized carbons (Fsp3) is 0.343. The Kier molecular flexibility index (Phi) is 11.8. The first-order chi connectivity index (χ1) is 22.0. The Labute approximate surface area is 291 Å². The van der Waals surface area contributed by atoms with Crippen molar-refractivity contribution in [2.75, 3.05) is 44.7 Å². The molecule has 13 heteroatoms. The summed E-state index contributed by atoms with van der Waals surface area (Å²) in [7, 11) is 2.07. The van der Waals surface area contributed by atoms with Gasteiger partial charge in [-0.3, -0.25) is 19.4 Å². The number of Topliss-reactive ketones (excluding diaryl/α,β-unsaturated/α-hetero) is 1. The van der Waals surface area contributed by atoms with Gasteiger partial charge in [-0.15, -0.1) is 0 Å². The van der Waals surface area contributed by atoms with Crippen LogP contribution in [0.15, 0.2) is 78.9 Å². The first-order valence-corrected chi connectivity index (χ1v) is 15.4. The average molecular weight is 702 g/mol. The summed E-state index contributed by atoms with van der Waals surface area (Å²) in [6, 6.07) is 19.6. The van der Waals surface area contributed by atoms with Gasteiger partial charge < -0.3 is 4.90 Å². The number of likely N-dealkylation sites (N-methyl/N-ethyl adjacent to an activating group) is 1. The highest BCUT2D eigenvalue weighted by Crippen LogP contribution is 2.48. The Morgan fingerprint density at radius 2 is 1.58 bits per heavy atom. The third kappa shape index (κ3) is 7.49. The molecule has 0 aliphatic carbocycles. The lowest BCUT2D eigenvalue weighted by Crippen LogP contribution is -2.46. The molecule has 256 valence electrons. The van der Waals surface area contributed by atoms with Crippen LogP contribution in [0, 0.1) is 11.7 Å². The zero-order valence-electron chi connectivity index (χ0n) is 26.7. The van der Waals surface area contributed by atoms with Crippen molar-refractivity contribution in [2.45, 2.75) is 32.0 Å². The minimum Gasteiger partial charge on any atom is -0.304 e. The van der Waals surface area contributed by atoms with Crippen LogP contribution in [0.1, 0.15) is 52.0 Å². The fourth-order valence-electron chi connectivity index (χ4n) is 6.54. The second-order valence-corrected chi connectivity index (χ2v) is 11.9. The molecule has 2 atom stereocenters. The van der Waals surface area contributed by atoms with Crippen LogP contribution in [-0.4, -0.2) is 71.0 Å². The van der Waals surface area contributed by atoms with Crippen molar-refractivity contribution in [2.24, 2.45) is 5.92 Å². The van der Waals surface area contributed by atoms with Gasteiger partial charge in [0.15, 0.2) is 5.78 Å². The van der Waals surface area contributed by atoms with E-state index < -0.39 is 35.2 Å². The molecular formula is C35H39F4N5O2S2. The van der Waals surface area contributed by atoms with E-state index in [4.69, 9.17) is 5.10 Å². The predicted molar refractivity (Wildman–Crippen MR) is 187 cm³/mol. The quantitative estimate of drug-likeness (QED) is 0.158. The first kappa shape index (κ1) is 37.2. The fourth-order valence-corrected chi connectivity index (χ4v) is 6.54. The average Bonchev–Trinajstić information content (AvgIpc) is 3.41. The molecule has 7 nitrogen and oxygen atoms in total. The van der Waals surface area contributed by atoms with Gasteiger partial charge in [0.25, 0.3) is 0 Å². The van der Waals surface area contributed by atoms with Crippen LogP contribution in [-0.2, 0) is 17.5 Å². The molecule has 1 saturated heterocycles. The number of hydrogen-bond donors (Lipinski definition) is 0. The van der Waals surface area contributed by atoms with Crippen LogP contribution >= 0.6 is 27.0 Å². The maximum atomic E-state index is 14.4. The van der Waals surface area contributed by atoms with Gasteiger partial charge in [0.05, 0.1) is 22.9 Å². The molecule has 0 unspecified atom stereocenters. The number of nitrogens with zero attached hydrogens (tertiary/aromatic N) is 5. The second-order valence-electron chi connectivity index (χ2n) is 11.9. The van der Waals surface area contributed by atoms with Crippen molar-refractivity contribution in [1.82, 2.24) is 19.6 Å². The lowest BCUT2D eigenvalue weighted by Gasteiger charge is -2.38. The monoisotopic (exact) mass is 701 g/mol. The van der Waals surface area contributed by atoms with Crippen molar-refractivity contribution in [3.63, 3.8) is 0 Å². The maximum Gasteiger partial charge on any atom is 0.416 e. The number of para-hydroxylation sites is 1. The van der Waals surface area contributed by atoms with Crippen molar-refractivity contribution < 1.29 is 27.2 Å². The highest BCUT2D eigenvalue weighted by molar-refractivity contribution is 7.59. The molecule has 0 spiro atoms. The second kappa shape index (κ2) is 15.3. The lowest BCUT2D eigenvalue weighted by molar-refractivity contribution is -0.137. The topological polar surface area (TPSA) is 61.7 Å². The predicted octanol–water partition coefficient (Wildman–Crippen LogP) is 6.39. The van der Waals surface area contributed by atoms with E-state index in [9.17, 15) is 27.2 Å². The van der Waals surface area contributed by atoms with Gasteiger partial charge in [0, 0.05) is 62.7 Å². The molecule has 48 heavy (non-hydrogen) atoms. The minimum absolute atomic E-state index is 0. The highest BCUT2D eigenvalue weighted by atomic mass is 32.1. The smallest absolute Gasteiger partial charge is 0.304 e. The molecule has 0 saturated carbocycles. The number of aromatic nitrogens is 2. The molecule has 1 aromatic heterocycles. The number of ketones is 1. The first-order valence-electron chi connectivity index (χ1n) is 15.4. The number of alkyl halides is 3. The van der Waals surface area contributed by atoms with E-state index in [0.717, 1.165) is 55.3 Å². The molecular weight excluding hydrogens is 663 g/mol. The molecule has 1 fully saturated rings. The van der Waals surface area contributed by atoms with Gasteiger partial charge in [-0.1, -0.05) is 42.5 Å². The maximum absolute atomic E-state index is 14.4. The highest BCUT2D eigenvalue weighted by Gasteiger charge is 2.46. The van der Waals surface area contributed by atoms with E-state index in [2.05, 4.69) is 16.8 Å². The third-order valence-corrected chi connectivity index (χ3v) is 8.96. The summed E-state index contributed by atoms with van der Waals surface area (Å²) in [6.45, 7) is 6.02. The summed E-state index contributed by atoms with van der Waals surface area (Å²) < 4.78 is 56.5. The van der Waals surface area contributed by atoms with Gasteiger partial charge in [-0.05, 0) is 55.9 Å². The number of rotatable bonds is 8. The number of anilines is 1. The molecule has 3 heterocycles. The summed E-state index contributed by atoms with van der Waals surface area (Å²) in [6.07, 6.45) is -4.95. The van der Waals surface area contributed by atoms with Crippen LogP contribution in [0.4, 0.5) is 23.4 Å². The van der Waals surface area contributed by atoms with Gasteiger partial charge in [0.1, 0.15) is 11.6 Å². The van der Waals surface area contributed by atoms with Gasteiger partial charge >= 0.3 is 6.18 Å². The van der Waals surface area contributed by atoms with Crippen LogP contribution < -0.4 is 4.90 Å². The largest absolute Gasteiger partial charge is 0.416 e. The Morgan fingerprint density at radius 3 is 2.21 bits per heavy atom. The van der Waals surface area contributed by atoms with Crippen LogP contribution in [0.3, 0.4) is 0 Å². The SMILES string of the molecule is CCN1C(=O)[C@@H](CC(=O)c2cccc(C(F)(F)F)c2)[C@@H](c2ccc(F)cc2)c2c(CN3CCN(C)CC3)nn(-c3ccccc3)c21.S.S. The summed E-state index contributed by atoms with van der Waals surface area (Å²) in [4.78, 5) is 34.3. The third-order valence-electron chi connectivity index (χ3n) is 8.96. The molecule has 0 bridgehead atoms. The zero-order valence-corrected chi connectivity index (χ0v) is 28.7. The van der Waals surface area contributed by atoms with Crippen molar-refractivity contribution in [3.8, 4) is 5.69 Å². The van der Waals surface area contributed by atoms with Crippen LogP contribution in [0.5, 0.6) is 0 Å². The number of amides is 1. The van der Waals surface area contributed by atoms with Crippen LogP contribution in [0.25, 0.3) is 5.69 Å². The molecule has 6 rings (SSSR count). The number of piperazine rings is 1.